The molecule has 2 aliphatic heterocycles. The predicted octanol–water partition coefficient (Wildman–Crippen LogP) is 1.13. The van der Waals surface area contributed by atoms with E-state index in [1.54, 1.807) is 12.1 Å². The van der Waals surface area contributed by atoms with Gasteiger partial charge in [0.1, 0.15) is 36.6 Å². The number of hydrogen-bond donors (Lipinski definition) is 4. The molecule has 1 unspecified atom stereocenters. The number of benzene rings is 2. The Kier molecular flexibility index (Phi) is 5.89. The Bertz CT molecular complexity index is 830. The molecule has 0 saturated carbocycles. The smallest absolute Gasteiger partial charge is 0.117 e. The Morgan fingerprint density at radius 3 is 2.28 bits per heavy atom. The normalized spacial score (nSPS) is 31.9. The molecule has 2 heterocycles. The van der Waals surface area contributed by atoms with E-state index in [9.17, 15) is 20.4 Å². The minimum atomic E-state index is -1.39. The van der Waals surface area contributed by atoms with Crippen molar-refractivity contribution in [2.45, 2.75) is 43.1 Å². The molecule has 2 aromatic rings. The Hall–Kier alpha value is -2.36. The van der Waals surface area contributed by atoms with Crippen LogP contribution in [0, 0.1) is 0 Å². The third kappa shape index (κ3) is 4.17. The summed E-state index contributed by atoms with van der Waals surface area (Å²) in [5.74, 6) is 0. The topological polar surface area (TPSA) is 118 Å². The first-order valence-electron chi connectivity index (χ1n) is 9.67. The molecule has 4 rings (SSSR count). The summed E-state index contributed by atoms with van der Waals surface area (Å²) in [4.78, 5) is 0. The van der Waals surface area contributed by atoms with E-state index >= 15 is 0 Å². The first kappa shape index (κ1) is 19.9. The van der Waals surface area contributed by atoms with Crippen molar-refractivity contribution in [3.63, 3.8) is 0 Å². The average molecular weight is 399 g/mol. The minimum Gasteiger partial charge on any atom is -0.394 e. The molecular weight excluding hydrogens is 374 g/mol. The molecule has 0 bridgehead atoms. The standard InChI is InChI=1S/C21H25N3O5/c25-12-17-18(26)19(27)20(28)21(29-17)15-8-6-14(7-9-15)16-11-24(23-22-16)10-13-4-2-1-3-5-13/h1-9,16-21,25-28H,10-12H2/t16?,17-,18-,19+,20+,21-/m1/s1. The Morgan fingerprint density at radius 2 is 1.59 bits per heavy atom. The SMILES string of the molecule is OC[C@H]1O[C@H](c2ccc(C3CN(Cc4ccccc4)N=N3)cc2)[C@@H](O)[C@@H](O)[C@@H]1O. The lowest BCUT2D eigenvalue weighted by atomic mass is 9.90. The predicted molar refractivity (Wildman–Crippen MR) is 104 cm³/mol. The number of aliphatic hydroxyl groups is 4. The first-order chi connectivity index (χ1) is 14.1. The molecule has 6 atom stereocenters. The number of rotatable bonds is 5. The summed E-state index contributed by atoms with van der Waals surface area (Å²) in [5, 5.41) is 50.0. The van der Waals surface area contributed by atoms with Gasteiger partial charge in [-0.05, 0) is 16.7 Å². The minimum absolute atomic E-state index is 0.0810. The first-order valence-corrected chi connectivity index (χ1v) is 9.67. The van der Waals surface area contributed by atoms with Gasteiger partial charge in [0.2, 0.25) is 0 Å². The van der Waals surface area contributed by atoms with Gasteiger partial charge in [0.15, 0.2) is 0 Å². The second-order valence-electron chi connectivity index (χ2n) is 7.47. The molecule has 0 aromatic heterocycles. The summed E-state index contributed by atoms with van der Waals surface area (Å²) in [5.41, 5.74) is 2.81. The number of aliphatic hydroxyl groups excluding tert-OH is 4. The van der Waals surface area contributed by atoms with Crippen LogP contribution < -0.4 is 0 Å². The van der Waals surface area contributed by atoms with Gasteiger partial charge >= 0.3 is 0 Å². The highest BCUT2D eigenvalue weighted by Crippen LogP contribution is 2.34. The lowest BCUT2D eigenvalue weighted by Gasteiger charge is -2.40. The van der Waals surface area contributed by atoms with Crippen molar-refractivity contribution >= 4 is 0 Å². The largest absolute Gasteiger partial charge is 0.394 e. The maximum Gasteiger partial charge on any atom is 0.117 e. The molecule has 1 fully saturated rings. The van der Waals surface area contributed by atoms with Crippen LogP contribution in [0.4, 0.5) is 0 Å². The van der Waals surface area contributed by atoms with Crippen molar-refractivity contribution in [2.24, 2.45) is 10.3 Å². The lowest BCUT2D eigenvalue weighted by Crippen LogP contribution is -2.55. The van der Waals surface area contributed by atoms with Crippen LogP contribution in [-0.2, 0) is 11.3 Å². The van der Waals surface area contributed by atoms with Crippen molar-refractivity contribution in [3.8, 4) is 0 Å². The molecule has 8 heteroatoms. The van der Waals surface area contributed by atoms with E-state index in [1.165, 1.54) is 5.56 Å². The third-order valence-electron chi connectivity index (χ3n) is 5.45. The van der Waals surface area contributed by atoms with Crippen LogP contribution in [0.25, 0.3) is 0 Å². The van der Waals surface area contributed by atoms with Gasteiger partial charge < -0.3 is 25.2 Å². The number of nitrogens with zero attached hydrogens (tertiary/aromatic N) is 3. The number of hydrogen-bond acceptors (Lipinski definition) is 8. The second-order valence-corrected chi connectivity index (χ2v) is 7.47. The molecule has 2 aliphatic rings. The van der Waals surface area contributed by atoms with Crippen LogP contribution >= 0.6 is 0 Å². The van der Waals surface area contributed by atoms with Crippen LogP contribution in [0.5, 0.6) is 0 Å². The Labute approximate surface area is 168 Å². The molecule has 4 N–H and O–H groups in total. The summed E-state index contributed by atoms with van der Waals surface area (Å²) in [6, 6.07) is 17.4. The highest BCUT2D eigenvalue weighted by molar-refractivity contribution is 5.28. The van der Waals surface area contributed by atoms with Crippen molar-refractivity contribution in [1.82, 2.24) is 5.01 Å². The van der Waals surface area contributed by atoms with E-state index < -0.39 is 37.1 Å². The molecule has 0 aliphatic carbocycles. The van der Waals surface area contributed by atoms with Gasteiger partial charge in [0.25, 0.3) is 0 Å². The summed E-state index contributed by atoms with van der Waals surface area (Å²) >= 11 is 0. The zero-order chi connectivity index (χ0) is 20.4. The highest BCUT2D eigenvalue weighted by Gasteiger charge is 2.43. The van der Waals surface area contributed by atoms with E-state index in [0.29, 0.717) is 18.7 Å². The fraction of sp³-hybridized carbons (Fsp3) is 0.429. The molecule has 0 spiro atoms. The fourth-order valence-electron chi connectivity index (χ4n) is 3.76. The van der Waals surface area contributed by atoms with Crippen LogP contribution in [0.1, 0.15) is 28.8 Å². The zero-order valence-electron chi connectivity index (χ0n) is 15.8. The van der Waals surface area contributed by atoms with Crippen LogP contribution in [0.2, 0.25) is 0 Å². The van der Waals surface area contributed by atoms with Crippen molar-refractivity contribution in [1.29, 1.82) is 0 Å². The molecule has 8 nitrogen and oxygen atoms in total. The second kappa shape index (κ2) is 8.56. The van der Waals surface area contributed by atoms with Crippen molar-refractivity contribution in [3.05, 3.63) is 71.3 Å². The summed E-state index contributed by atoms with van der Waals surface area (Å²) < 4.78 is 5.61. The van der Waals surface area contributed by atoms with Crippen molar-refractivity contribution < 1.29 is 25.2 Å². The molecule has 154 valence electrons. The maximum absolute atomic E-state index is 10.3. The van der Waals surface area contributed by atoms with Gasteiger partial charge in [0, 0.05) is 0 Å². The Morgan fingerprint density at radius 1 is 0.897 bits per heavy atom. The van der Waals surface area contributed by atoms with Gasteiger partial charge in [-0.15, -0.1) is 0 Å². The summed E-state index contributed by atoms with van der Waals surface area (Å²) in [6.07, 6.45) is -5.79. The molecule has 0 amide bonds. The van der Waals surface area contributed by atoms with Gasteiger partial charge in [0.05, 0.1) is 19.7 Å². The van der Waals surface area contributed by atoms with Crippen LogP contribution in [0.15, 0.2) is 64.9 Å². The zero-order valence-corrected chi connectivity index (χ0v) is 15.8. The van der Waals surface area contributed by atoms with E-state index in [-0.39, 0.29) is 6.04 Å². The van der Waals surface area contributed by atoms with E-state index in [1.807, 2.05) is 35.3 Å². The molecule has 29 heavy (non-hydrogen) atoms. The van der Waals surface area contributed by atoms with Gasteiger partial charge in [-0.3, -0.25) is 5.01 Å². The molecule has 1 saturated heterocycles. The van der Waals surface area contributed by atoms with E-state index in [4.69, 9.17) is 4.74 Å². The number of ether oxygens (including phenoxy) is 1. The molecular formula is C21H25N3O5. The monoisotopic (exact) mass is 399 g/mol. The highest BCUT2D eigenvalue weighted by atomic mass is 16.5. The average Bonchev–Trinajstić information content (AvgIpc) is 3.22. The van der Waals surface area contributed by atoms with Crippen LogP contribution in [-0.4, -0.2) is 63.0 Å². The third-order valence-corrected chi connectivity index (χ3v) is 5.45. The van der Waals surface area contributed by atoms with E-state index in [0.717, 1.165) is 5.56 Å². The lowest BCUT2D eigenvalue weighted by molar-refractivity contribution is -0.231. The van der Waals surface area contributed by atoms with Gasteiger partial charge in [-0.2, -0.15) is 5.11 Å². The van der Waals surface area contributed by atoms with Crippen molar-refractivity contribution in [2.75, 3.05) is 13.2 Å². The molecule has 2 aromatic carbocycles. The summed E-state index contributed by atoms with van der Waals surface area (Å²) in [6.45, 7) is 0.928. The fourth-order valence-corrected chi connectivity index (χ4v) is 3.76. The van der Waals surface area contributed by atoms with Gasteiger partial charge in [-0.25, -0.2) is 0 Å². The molecule has 0 radical (unpaired) electrons. The summed E-state index contributed by atoms with van der Waals surface area (Å²) in [7, 11) is 0. The quantitative estimate of drug-likeness (QED) is 0.599. The van der Waals surface area contributed by atoms with Gasteiger partial charge in [-0.1, -0.05) is 59.8 Å². The maximum atomic E-state index is 10.3. The van der Waals surface area contributed by atoms with Crippen LogP contribution in [0.3, 0.4) is 0 Å². The van der Waals surface area contributed by atoms with E-state index in [2.05, 4.69) is 22.5 Å². The Balaban J connectivity index is 1.41.